The lowest BCUT2D eigenvalue weighted by atomic mass is 10.1. The van der Waals surface area contributed by atoms with Crippen molar-refractivity contribution in [2.75, 3.05) is 17.3 Å². The molecule has 0 aliphatic carbocycles. The Labute approximate surface area is 124 Å². The molecule has 0 unspecified atom stereocenters. The van der Waals surface area contributed by atoms with Crippen molar-refractivity contribution in [3.05, 3.63) is 29.8 Å². The zero-order valence-corrected chi connectivity index (χ0v) is 13.2. The second kappa shape index (κ2) is 7.21. The van der Waals surface area contributed by atoms with Crippen LogP contribution in [-0.2, 0) is 19.4 Å². The second-order valence-corrected chi connectivity index (χ2v) is 7.24. The highest BCUT2D eigenvalue weighted by Crippen LogP contribution is 2.14. The van der Waals surface area contributed by atoms with E-state index in [-0.39, 0.29) is 18.1 Å². The summed E-state index contributed by atoms with van der Waals surface area (Å²) in [6, 6.07) is 6.34. The van der Waals surface area contributed by atoms with Crippen molar-refractivity contribution in [2.45, 2.75) is 26.3 Å². The molecule has 1 aromatic rings. The molecule has 1 rings (SSSR count). The minimum atomic E-state index is -3.20. The van der Waals surface area contributed by atoms with Gasteiger partial charge in [-0.05, 0) is 25.0 Å². The number of aryl methyl sites for hydroxylation is 1. The number of amides is 2. The molecule has 0 heterocycles. The number of carbonyl (C=O) groups is 2. The number of anilines is 1. The fraction of sp³-hybridized carbons (Fsp3) is 0.429. The lowest BCUT2D eigenvalue weighted by Gasteiger charge is -2.18. The Morgan fingerprint density at radius 2 is 1.86 bits per heavy atom. The summed E-state index contributed by atoms with van der Waals surface area (Å²) in [5.74, 6) is -0.976. The molecule has 0 saturated carbocycles. The Balaban J connectivity index is 2.80. The van der Waals surface area contributed by atoms with Crippen LogP contribution in [0.1, 0.15) is 18.9 Å². The molecule has 0 aliphatic heterocycles. The summed E-state index contributed by atoms with van der Waals surface area (Å²) in [5.41, 5.74) is 1.52. The van der Waals surface area contributed by atoms with Crippen molar-refractivity contribution in [2.24, 2.45) is 0 Å². The SMILES string of the molecule is CC(=O)N[C@H](CCS(C)(=O)=O)C(=O)Nc1ccccc1C. The number of benzene rings is 1. The van der Waals surface area contributed by atoms with E-state index in [0.717, 1.165) is 11.8 Å². The standard InChI is InChI=1S/C14H20N2O4S/c1-10-6-4-5-7-12(10)16-14(18)13(15-11(2)17)8-9-21(3,19)20/h4-7,13H,8-9H2,1-3H3,(H,15,17)(H,16,18)/t13-/m1/s1. The van der Waals surface area contributed by atoms with Gasteiger partial charge in [-0.25, -0.2) is 8.42 Å². The summed E-state index contributed by atoms with van der Waals surface area (Å²) < 4.78 is 22.4. The Hall–Kier alpha value is -1.89. The smallest absolute Gasteiger partial charge is 0.246 e. The van der Waals surface area contributed by atoms with Crippen molar-refractivity contribution in [3.8, 4) is 0 Å². The molecule has 0 aromatic heterocycles. The number of sulfone groups is 1. The minimum Gasteiger partial charge on any atom is -0.345 e. The summed E-state index contributed by atoms with van der Waals surface area (Å²) in [7, 11) is -3.20. The monoisotopic (exact) mass is 312 g/mol. The van der Waals surface area contributed by atoms with Gasteiger partial charge < -0.3 is 10.6 Å². The van der Waals surface area contributed by atoms with Crippen molar-refractivity contribution in [1.82, 2.24) is 5.32 Å². The van der Waals surface area contributed by atoms with Gasteiger partial charge in [0.05, 0.1) is 5.75 Å². The van der Waals surface area contributed by atoms with Crippen molar-refractivity contribution < 1.29 is 18.0 Å². The molecule has 0 aliphatic rings. The molecule has 2 N–H and O–H groups in total. The Morgan fingerprint density at radius 3 is 2.38 bits per heavy atom. The van der Waals surface area contributed by atoms with Crippen molar-refractivity contribution >= 4 is 27.3 Å². The highest BCUT2D eigenvalue weighted by molar-refractivity contribution is 7.90. The van der Waals surface area contributed by atoms with E-state index in [0.29, 0.717) is 5.69 Å². The van der Waals surface area contributed by atoms with Gasteiger partial charge in [-0.3, -0.25) is 9.59 Å². The predicted octanol–water partition coefficient (Wildman–Crippen LogP) is 0.873. The van der Waals surface area contributed by atoms with Gasteiger partial charge in [-0.1, -0.05) is 18.2 Å². The van der Waals surface area contributed by atoms with E-state index in [1.54, 1.807) is 12.1 Å². The van der Waals surface area contributed by atoms with Gasteiger partial charge in [0.2, 0.25) is 11.8 Å². The summed E-state index contributed by atoms with van der Waals surface area (Å²) in [4.78, 5) is 23.4. The lowest BCUT2D eigenvalue weighted by molar-refractivity contribution is -0.125. The van der Waals surface area contributed by atoms with Gasteiger partial charge in [-0.2, -0.15) is 0 Å². The lowest BCUT2D eigenvalue weighted by Crippen LogP contribution is -2.44. The van der Waals surface area contributed by atoms with Crippen LogP contribution >= 0.6 is 0 Å². The molecule has 6 nitrogen and oxygen atoms in total. The zero-order chi connectivity index (χ0) is 16.0. The van der Waals surface area contributed by atoms with E-state index in [1.165, 1.54) is 6.92 Å². The van der Waals surface area contributed by atoms with Crippen LogP contribution in [0.15, 0.2) is 24.3 Å². The van der Waals surface area contributed by atoms with Crippen LogP contribution in [0.4, 0.5) is 5.69 Å². The molecular weight excluding hydrogens is 292 g/mol. The maximum Gasteiger partial charge on any atom is 0.246 e. The van der Waals surface area contributed by atoms with Crippen LogP contribution < -0.4 is 10.6 Å². The quantitative estimate of drug-likeness (QED) is 0.815. The molecular formula is C14H20N2O4S. The third-order valence-corrected chi connectivity index (χ3v) is 3.85. The summed E-state index contributed by atoms with van der Waals surface area (Å²) in [6.07, 6.45) is 1.13. The molecule has 0 fully saturated rings. The van der Waals surface area contributed by atoms with E-state index in [1.807, 2.05) is 19.1 Å². The van der Waals surface area contributed by atoms with E-state index < -0.39 is 21.8 Å². The molecule has 0 radical (unpaired) electrons. The largest absolute Gasteiger partial charge is 0.345 e. The third-order valence-electron chi connectivity index (χ3n) is 2.87. The number of para-hydroxylation sites is 1. The first-order valence-electron chi connectivity index (χ1n) is 6.50. The van der Waals surface area contributed by atoms with E-state index in [4.69, 9.17) is 0 Å². The maximum absolute atomic E-state index is 12.2. The highest BCUT2D eigenvalue weighted by Gasteiger charge is 2.21. The molecule has 0 saturated heterocycles. The summed E-state index contributed by atoms with van der Waals surface area (Å²) >= 11 is 0. The average molecular weight is 312 g/mol. The minimum absolute atomic E-state index is 0.0378. The predicted molar refractivity (Wildman–Crippen MR) is 81.7 cm³/mol. The Kier molecular flexibility index (Phi) is 5.90. The van der Waals surface area contributed by atoms with Crippen LogP contribution in [-0.4, -0.2) is 38.3 Å². The molecule has 0 bridgehead atoms. The van der Waals surface area contributed by atoms with Gasteiger partial charge in [0, 0.05) is 18.9 Å². The number of hydrogen-bond acceptors (Lipinski definition) is 4. The van der Waals surface area contributed by atoms with Crippen LogP contribution in [0.25, 0.3) is 0 Å². The normalized spacial score (nSPS) is 12.5. The zero-order valence-electron chi connectivity index (χ0n) is 12.3. The summed E-state index contributed by atoms with van der Waals surface area (Å²) in [5, 5.41) is 5.18. The fourth-order valence-corrected chi connectivity index (χ4v) is 2.44. The van der Waals surface area contributed by atoms with Crippen LogP contribution in [0.2, 0.25) is 0 Å². The van der Waals surface area contributed by atoms with Crippen LogP contribution in [0, 0.1) is 6.92 Å². The molecule has 0 spiro atoms. The van der Waals surface area contributed by atoms with E-state index in [9.17, 15) is 18.0 Å². The van der Waals surface area contributed by atoms with Gasteiger partial charge in [-0.15, -0.1) is 0 Å². The average Bonchev–Trinajstić information content (AvgIpc) is 2.35. The van der Waals surface area contributed by atoms with Gasteiger partial charge in [0.1, 0.15) is 15.9 Å². The molecule has 1 aromatic carbocycles. The Morgan fingerprint density at radius 1 is 1.24 bits per heavy atom. The van der Waals surface area contributed by atoms with E-state index in [2.05, 4.69) is 10.6 Å². The molecule has 21 heavy (non-hydrogen) atoms. The number of rotatable bonds is 6. The Bertz CT molecular complexity index is 626. The molecule has 116 valence electrons. The van der Waals surface area contributed by atoms with Crippen molar-refractivity contribution in [3.63, 3.8) is 0 Å². The number of nitrogens with one attached hydrogen (secondary N) is 2. The fourth-order valence-electron chi connectivity index (χ4n) is 1.78. The first kappa shape index (κ1) is 17.2. The molecule has 7 heteroatoms. The topological polar surface area (TPSA) is 92.3 Å². The first-order valence-corrected chi connectivity index (χ1v) is 8.56. The van der Waals surface area contributed by atoms with Gasteiger partial charge >= 0.3 is 0 Å². The highest BCUT2D eigenvalue weighted by atomic mass is 32.2. The van der Waals surface area contributed by atoms with Crippen LogP contribution in [0.3, 0.4) is 0 Å². The van der Waals surface area contributed by atoms with Gasteiger partial charge in [0.25, 0.3) is 0 Å². The summed E-state index contributed by atoms with van der Waals surface area (Å²) in [6.45, 7) is 3.13. The van der Waals surface area contributed by atoms with Gasteiger partial charge in [0.15, 0.2) is 0 Å². The molecule has 2 amide bonds. The first-order chi connectivity index (χ1) is 9.69. The number of hydrogen-bond donors (Lipinski definition) is 2. The van der Waals surface area contributed by atoms with E-state index >= 15 is 0 Å². The van der Waals surface area contributed by atoms with Crippen LogP contribution in [0.5, 0.6) is 0 Å². The molecule has 1 atom stereocenters. The maximum atomic E-state index is 12.2. The van der Waals surface area contributed by atoms with Crippen molar-refractivity contribution in [1.29, 1.82) is 0 Å². The second-order valence-electron chi connectivity index (χ2n) is 4.98. The third kappa shape index (κ3) is 6.40. The number of carbonyl (C=O) groups excluding carboxylic acids is 2.